The average molecular weight is 224 g/mol. The average Bonchev–Trinajstić information content (AvgIpc) is 2.45. The summed E-state index contributed by atoms with van der Waals surface area (Å²) in [5.74, 6) is 0. The van der Waals surface area contributed by atoms with Crippen LogP contribution in [0.5, 0.6) is 0 Å². The normalized spacial score (nSPS) is 11.9. The molecule has 1 N–H and O–H groups in total. The molecule has 0 aliphatic heterocycles. The molecule has 0 saturated carbocycles. The van der Waals surface area contributed by atoms with Crippen molar-refractivity contribution < 1.29 is 12.8 Å². The molecule has 2 aromatic rings. The summed E-state index contributed by atoms with van der Waals surface area (Å²) in [6.07, 6.45) is 3.83. The van der Waals surface area contributed by atoms with E-state index in [1.165, 1.54) is 0 Å². The van der Waals surface area contributed by atoms with Gasteiger partial charge in [0.1, 0.15) is 5.58 Å². The van der Waals surface area contributed by atoms with E-state index in [2.05, 4.69) is 11.0 Å². The fraction of sp³-hybridized carbons (Fsp3) is 0.200. The summed E-state index contributed by atoms with van der Waals surface area (Å²) >= 11 is 0. The third kappa shape index (κ3) is 2.12. The van der Waals surface area contributed by atoms with Gasteiger partial charge < -0.3 is 4.42 Å². The van der Waals surface area contributed by atoms with Crippen LogP contribution in [0.25, 0.3) is 11.0 Å². The fourth-order valence-electron chi connectivity index (χ4n) is 1.38. The molecule has 1 radical (unpaired) electrons. The Bertz CT molecular complexity index is 598. The number of nitrogens with one attached hydrogen (secondary N) is 1. The van der Waals surface area contributed by atoms with Gasteiger partial charge in [-0.3, -0.25) is 4.72 Å². The Hall–Kier alpha value is -1.49. The Balaban J connectivity index is 2.51. The predicted molar refractivity (Wildman–Crippen MR) is 58.3 cm³/mol. The van der Waals surface area contributed by atoms with Crippen LogP contribution < -0.4 is 4.72 Å². The fourth-order valence-corrected chi connectivity index (χ4v) is 1.93. The third-order valence-corrected chi connectivity index (χ3v) is 2.61. The summed E-state index contributed by atoms with van der Waals surface area (Å²) in [6.45, 7) is 1.86. The standard InChI is InChI=1S/C10H10NO3S/c1-7-6-14-10-4-3-8(5-9(7)10)11-15(2,12)13/h3-5,11H,1-2H3. The van der Waals surface area contributed by atoms with E-state index < -0.39 is 10.0 Å². The van der Waals surface area contributed by atoms with Crippen molar-refractivity contribution in [3.8, 4) is 0 Å². The van der Waals surface area contributed by atoms with Gasteiger partial charge in [-0.25, -0.2) is 8.42 Å². The van der Waals surface area contributed by atoms with E-state index in [0.717, 1.165) is 17.2 Å². The second-order valence-electron chi connectivity index (χ2n) is 3.41. The minimum atomic E-state index is -3.23. The molecule has 0 saturated heterocycles. The first-order valence-corrected chi connectivity index (χ1v) is 6.23. The minimum Gasteiger partial charge on any atom is -0.452 e. The molecule has 79 valence electrons. The number of aryl methyl sites for hydroxylation is 1. The Kier molecular flexibility index (Phi) is 2.19. The molecule has 0 fully saturated rings. The SMILES string of the molecule is Cc1[c]oc2ccc(NS(C)(=O)=O)cc12. The number of benzene rings is 1. The lowest BCUT2D eigenvalue weighted by Gasteiger charge is -2.02. The van der Waals surface area contributed by atoms with Crippen LogP contribution in [0.2, 0.25) is 0 Å². The Labute approximate surface area is 87.9 Å². The van der Waals surface area contributed by atoms with Crippen molar-refractivity contribution in [2.24, 2.45) is 0 Å². The van der Waals surface area contributed by atoms with Crippen molar-refractivity contribution >= 4 is 26.7 Å². The van der Waals surface area contributed by atoms with E-state index in [4.69, 9.17) is 4.42 Å². The molecule has 15 heavy (non-hydrogen) atoms. The molecule has 1 aromatic carbocycles. The molecule has 2 rings (SSSR count). The van der Waals surface area contributed by atoms with Crippen molar-refractivity contribution in [1.82, 2.24) is 0 Å². The van der Waals surface area contributed by atoms with Gasteiger partial charge in [0.2, 0.25) is 10.0 Å². The van der Waals surface area contributed by atoms with Gasteiger partial charge in [-0.05, 0) is 25.1 Å². The highest BCUT2D eigenvalue weighted by molar-refractivity contribution is 7.92. The Morgan fingerprint density at radius 3 is 2.80 bits per heavy atom. The molecule has 5 heteroatoms. The zero-order chi connectivity index (χ0) is 11.1. The van der Waals surface area contributed by atoms with Crippen LogP contribution in [0, 0.1) is 13.2 Å². The van der Waals surface area contributed by atoms with Crippen LogP contribution in [-0.4, -0.2) is 14.7 Å². The van der Waals surface area contributed by atoms with Crippen LogP contribution in [0.3, 0.4) is 0 Å². The van der Waals surface area contributed by atoms with Crippen molar-refractivity contribution in [3.63, 3.8) is 0 Å². The van der Waals surface area contributed by atoms with Crippen molar-refractivity contribution in [2.75, 3.05) is 11.0 Å². The largest absolute Gasteiger partial charge is 0.452 e. The van der Waals surface area contributed by atoms with Gasteiger partial charge in [0.25, 0.3) is 0 Å². The van der Waals surface area contributed by atoms with E-state index in [0.29, 0.717) is 11.3 Å². The molecular formula is C10H10NO3S. The van der Waals surface area contributed by atoms with Crippen molar-refractivity contribution in [1.29, 1.82) is 0 Å². The summed E-state index contributed by atoms with van der Waals surface area (Å²) in [7, 11) is -3.23. The first kappa shape index (κ1) is 10.0. The van der Waals surface area contributed by atoms with Gasteiger partial charge in [0, 0.05) is 16.6 Å². The van der Waals surface area contributed by atoms with Gasteiger partial charge >= 0.3 is 0 Å². The second-order valence-corrected chi connectivity index (χ2v) is 5.16. The number of hydrogen-bond donors (Lipinski definition) is 1. The van der Waals surface area contributed by atoms with E-state index in [1.54, 1.807) is 18.2 Å². The molecule has 0 aliphatic carbocycles. The van der Waals surface area contributed by atoms with Crippen LogP contribution >= 0.6 is 0 Å². The Morgan fingerprint density at radius 1 is 1.40 bits per heavy atom. The molecule has 4 nitrogen and oxygen atoms in total. The molecule has 0 amide bonds. The molecule has 1 heterocycles. The van der Waals surface area contributed by atoms with Gasteiger partial charge in [0.15, 0.2) is 6.26 Å². The lowest BCUT2D eigenvalue weighted by molar-refractivity contribution is 0.602. The van der Waals surface area contributed by atoms with Crippen molar-refractivity contribution in [3.05, 3.63) is 30.0 Å². The minimum absolute atomic E-state index is 0.530. The highest BCUT2D eigenvalue weighted by Crippen LogP contribution is 2.23. The van der Waals surface area contributed by atoms with E-state index in [9.17, 15) is 8.42 Å². The lowest BCUT2D eigenvalue weighted by atomic mass is 10.2. The van der Waals surface area contributed by atoms with Gasteiger partial charge in [-0.15, -0.1) is 0 Å². The van der Waals surface area contributed by atoms with Gasteiger partial charge in [-0.2, -0.15) is 0 Å². The number of sulfonamides is 1. The maximum Gasteiger partial charge on any atom is 0.229 e. The predicted octanol–water partition coefficient (Wildman–Crippen LogP) is 1.91. The first-order valence-electron chi connectivity index (χ1n) is 4.34. The molecule has 0 spiro atoms. The number of anilines is 1. The highest BCUT2D eigenvalue weighted by Gasteiger charge is 2.06. The third-order valence-electron chi connectivity index (χ3n) is 2.00. The molecule has 0 unspecified atom stereocenters. The topological polar surface area (TPSA) is 59.3 Å². The maximum atomic E-state index is 11.0. The monoisotopic (exact) mass is 224 g/mol. The summed E-state index contributed by atoms with van der Waals surface area (Å²) in [5, 5.41) is 0.864. The van der Waals surface area contributed by atoms with Crippen LogP contribution in [0.15, 0.2) is 22.6 Å². The quantitative estimate of drug-likeness (QED) is 0.847. The van der Waals surface area contributed by atoms with Gasteiger partial charge in [0.05, 0.1) is 6.26 Å². The van der Waals surface area contributed by atoms with Crippen LogP contribution in [-0.2, 0) is 10.0 Å². The summed E-state index contributed by atoms with van der Waals surface area (Å²) in [4.78, 5) is 0. The summed E-state index contributed by atoms with van der Waals surface area (Å²) < 4.78 is 29.6. The molecule has 0 aliphatic rings. The number of fused-ring (bicyclic) bond motifs is 1. The zero-order valence-electron chi connectivity index (χ0n) is 8.37. The number of furan rings is 1. The zero-order valence-corrected chi connectivity index (χ0v) is 9.18. The summed E-state index contributed by atoms with van der Waals surface area (Å²) in [6, 6.07) is 5.10. The van der Waals surface area contributed by atoms with Gasteiger partial charge in [-0.1, -0.05) is 0 Å². The summed E-state index contributed by atoms with van der Waals surface area (Å²) in [5.41, 5.74) is 2.09. The lowest BCUT2D eigenvalue weighted by Crippen LogP contribution is -2.09. The number of rotatable bonds is 2. The van der Waals surface area contributed by atoms with E-state index in [-0.39, 0.29) is 0 Å². The molecule has 0 bridgehead atoms. The van der Waals surface area contributed by atoms with Crippen molar-refractivity contribution in [2.45, 2.75) is 6.92 Å². The number of hydrogen-bond acceptors (Lipinski definition) is 3. The molecule has 0 atom stereocenters. The van der Waals surface area contributed by atoms with E-state index in [1.807, 2.05) is 6.92 Å². The molecular weight excluding hydrogens is 214 g/mol. The van der Waals surface area contributed by atoms with Crippen LogP contribution in [0.4, 0.5) is 5.69 Å². The Morgan fingerprint density at radius 2 is 2.13 bits per heavy atom. The van der Waals surface area contributed by atoms with Crippen LogP contribution in [0.1, 0.15) is 5.56 Å². The second kappa shape index (κ2) is 3.27. The maximum absolute atomic E-state index is 11.0. The molecule has 1 aromatic heterocycles. The van der Waals surface area contributed by atoms with E-state index >= 15 is 0 Å². The smallest absolute Gasteiger partial charge is 0.229 e. The first-order chi connectivity index (χ1) is 6.96. The highest BCUT2D eigenvalue weighted by atomic mass is 32.2.